The number of halogens is 2. The molecule has 2 rings (SSSR count). The number of alkyl halides is 2. The van der Waals surface area contributed by atoms with Gasteiger partial charge in [0.1, 0.15) is 6.61 Å². The van der Waals surface area contributed by atoms with Crippen molar-refractivity contribution in [3.63, 3.8) is 0 Å². The van der Waals surface area contributed by atoms with E-state index in [4.69, 9.17) is 14.7 Å². The summed E-state index contributed by atoms with van der Waals surface area (Å²) in [4.78, 5) is 59.9. The third-order valence-electron chi connectivity index (χ3n) is 3.68. The third-order valence-corrected chi connectivity index (χ3v) is 7.46. The van der Waals surface area contributed by atoms with E-state index in [0.29, 0.717) is 17.7 Å². The number of aromatic nitrogens is 2. The molecular weight excluding hydrogens is 503 g/mol. The van der Waals surface area contributed by atoms with Gasteiger partial charge >= 0.3 is 29.2 Å². The van der Waals surface area contributed by atoms with Crippen molar-refractivity contribution in [3.8, 4) is 0 Å². The lowest BCUT2D eigenvalue weighted by molar-refractivity contribution is -0.204. The molecular formula is C10H15F2N2O14P3. The molecule has 0 aliphatic carbocycles. The van der Waals surface area contributed by atoms with Crippen LogP contribution in [0.1, 0.15) is 13.2 Å². The number of H-pyrrole nitrogens is 1. The molecule has 0 saturated carbocycles. The number of nitrogens with one attached hydrogen (secondary N) is 1. The summed E-state index contributed by atoms with van der Waals surface area (Å²) in [6.07, 6.45) is -4.29. The number of nitrogens with zero attached hydrogens (tertiary/aromatic N) is 1. The minimum absolute atomic E-state index is 0.358. The molecule has 6 N–H and O–H groups in total. The maximum Gasteiger partial charge on any atom is 0.490 e. The van der Waals surface area contributed by atoms with Gasteiger partial charge in [-0.15, -0.1) is 0 Å². The quantitative estimate of drug-likeness (QED) is 0.230. The fourth-order valence-electron chi connectivity index (χ4n) is 2.45. The molecule has 1 saturated heterocycles. The van der Waals surface area contributed by atoms with Gasteiger partial charge in [-0.1, -0.05) is 0 Å². The molecule has 16 nitrogen and oxygen atoms in total. The predicted molar refractivity (Wildman–Crippen MR) is 90.6 cm³/mol. The average molecular weight is 518 g/mol. The summed E-state index contributed by atoms with van der Waals surface area (Å²) in [7, 11) is -17.4. The van der Waals surface area contributed by atoms with E-state index in [9.17, 15) is 42.1 Å². The van der Waals surface area contributed by atoms with E-state index in [-0.39, 0.29) is 0 Å². The predicted octanol–water partition coefficient (Wildman–Crippen LogP) is -0.836. The second-order valence-corrected chi connectivity index (χ2v) is 10.6. The molecule has 1 aromatic heterocycles. The minimum Gasteiger partial charge on any atom is -0.384 e. The van der Waals surface area contributed by atoms with Crippen molar-refractivity contribution in [2.24, 2.45) is 0 Å². The fraction of sp³-hybridized carbons (Fsp3) is 0.600. The van der Waals surface area contributed by atoms with Crippen molar-refractivity contribution in [1.29, 1.82) is 0 Å². The number of hydrogen-bond donors (Lipinski definition) is 6. The highest BCUT2D eigenvalue weighted by molar-refractivity contribution is 7.66. The second-order valence-electron chi connectivity index (χ2n) is 6.19. The van der Waals surface area contributed by atoms with Crippen molar-refractivity contribution in [2.75, 3.05) is 6.61 Å². The lowest BCUT2D eigenvalue weighted by atomic mass is 9.97. The molecule has 178 valence electrons. The molecule has 31 heavy (non-hydrogen) atoms. The van der Waals surface area contributed by atoms with Gasteiger partial charge in [-0.25, -0.2) is 27.3 Å². The van der Waals surface area contributed by atoms with Crippen LogP contribution in [-0.2, 0) is 31.6 Å². The van der Waals surface area contributed by atoms with Crippen LogP contribution in [0.4, 0.5) is 8.78 Å². The largest absolute Gasteiger partial charge is 0.490 e. The zero-order chi connectivity index (χ0) is 24.0. The smallest absolute Gasteiger partial charge is 0.384 e. The second kappa shape index (κ2) is 8.33. The van der Waals surface area contributed by atoms with Gasteiger partial charge in [0.2, 0.25) is 0 Å². The minimum atomic E-state index is -5.91. The van der Waals surface area contributed by atoms with Crippen LogP contribution in [-0.4, -0.2) is 58.5 Å². The van der Waals surface area contributed by atoms with Crippen molar-refractivity contribution in [2.45, 2.75) is 30.8 Å². The number of hydrogen-bond acceptors (Lipinski definition) is 10. The zero-order valence-corrected chi connectivity index (χ0v) is 17.7. The van der Waals surface area contributed by atoms with Gasteiger partial charge in [-0.2, -0.15) is 8.62 Å². The lowest BCUT2D eigenvalue weighted by Gasteiger charge is -2.25. The molecule has 1 aromatic rings. The van der Waals surface area contributed by atoms with Gasteiger partial charge in [0, 0.05) is 12.3 Å². The number of ether oxygens (including phenoxy) is 1. The zero-order valence-electron chi connectivity index (χ0n) is 15.0. The molecule has 1 aliphatic rings. The maximum atomic E-state index is 15.0. The van der Waals surface area contributed by atoms with Gasteiger partial charge in [0.05, 0.1) is 0 Å². The standard InChI is InChI=1S/C10H15F2N2O14P3/c1-9(11)6(16)10(12,26-7(9)14-3-2-5(15)13-8(14)17)4-25-30(21,22)28-31(23,24)27-29(18,19)20/h2-3,6-7,16H,4H2,1H3,(H,21,22)(H,23,24)(H,13,15,17)(H2,18,19,20). The molecule has 0 amide bonds. The lowest BCUT2D eigenvalue weighted by Crippen LogP contribution is -2.47. The van der Waals surface area contributed by atoms with Crippen molar-refractivity contribution < 1.29 is 65.0 Å². The molecule has 0 bridgehead atoms. The van der Waals surface area contributed by atoms with E-state index >= 15 is 0 Å². The van der Waals surface area contributed by atoms with Crippen LogP contribution in [0.15, 0.2) is 21.9 Å². The summed E-state index contributed by atoms with van der Waals surface area (Å²) < 4.78 is 79.2. The van der Waals surface area contributed by atoms with Gasteiger partial charge in [-0.3, -0.25) is 18.9 Å². The van der Waals surface area contributed by atoms with Crippen LogP contribution < -0.4 is 11.2 Å². The Labute approximate surface area is 169 Å². The van der Waals surface area contributed by atoms with E-state index in [0.717, 1.165) is 6.07 Å². The van der Waals surface area contributed by atoms with Crippen LogP contribution in [0.2, 0.25) is 0 Å². The number of aliphatic hydroxyl groups excluding tert-OH is 1. The molecule has 6 unspecified atom stereocenters. The normalized spacial score (nSPS) is 33.0. The molecule has 1 fully saturated rings. The Kier molecular flexibility index (Phi) is 7.02. The van der Waals surface area contributed by atoms with Crippen LogP contribution in [0.25, 0.3) is 0 Å². The maximum absolute atomic E-state index is 15.0. The Hall–Kier alpha value is -1.13. The summed E-state index contributed by atoms with van der Waals surface area (Å²) in [5.74, 6) is -3.66. The Morgan fingerprint density at radius 3 is 2.26 bits per heavy atom. The summed E-state index contributed by atoms with van der Waals surface area (Å²) in [6, 6.07) is 0.748. The number of rotatable bonds is 8. The first-order valence-corrected chi connectivity index (χ1v) is 12.1. The van der Waals surface area contributed by atoms with E-state index in [1.54, 1.807) is 4.98 Å². The van der Waals surface area contributed by atoms with Gasteiger partial charge < -0.3 is 29.4 Å². The summed E-state index contributed by atoms with van der Waals surface area (Å²) in [5.41, 5.74) is -5.23. The average Bonchev–Trinajstić information content (AvgIpc) is 2.71. The fourth-order valence-corrected chi connectivity index (χ4v) is 5.48. The SMILES string of the molecule is CC1(F)C(n2ccc(=O)[nH]c2=O)OC(F)(COP(=O)(O)OP(=O)(O)OP(=O)(O)O)C1O. The van der Waals surface area contributed by atoms with Crippen LogP contribution in [0.3, 0.4) is 0 Å². The first kappa shape index (κ1) is 26.1. The van der Waals surface area contributed by atoms with Crippen molar-refractivity contribution >= 4 is 23.5 Å². The highest BCUT2D eigenvalue weighted by Gasteiger charge is 2.65. The van der Waals surface area contributed by atoms with Gasteiger partial charge in [-0.05, 0) is 6.92 Å². The van der Waals surface area contributed by atoms with Crippen molar-refractivity contribution in [3.05, 3.63) is 33.1 Å². The van der Waals surface area contributed by atoms with Crippen LogP contribution >= 0.6 is 23.5 Å². The monoisotopic (exact) mass is 518 g/mol. The summed E-state index contributed by atoms with van der Waals surface area (Å²) in [5, 5.41) is 9.95. The Morgan fingerprint density at radius 2 is 1.74 bits per heavy atom. The summed E-state index contributed by atoms with van der Waals surface area (Å²) in [6.45, 7) is -1.25. The number of phosphoric ester groups is 1. The van der Waals surface area contributed by atoms with Gasteiger partial charge in [0.25, 0.3) is 11.4 Å². The van der Waals surface area contributed by atoms with E-state index in [1.165, 1.54) is 0 Å². The Morgan fingerprint density at radius 1 is 1.16 bits per heavy atom. The molecule has 0 radical (unpaired) electrons. The molecule has 1 aliphatic heterocycles. The van der Waals surface area contributed by atoms with Crippen LogP contribution in [0.5, 0.6) is 0 Å². The number of aromatic amines is 1. The number of aliphatic hydroxyl groups is 1. The first-order valence-electron chi connectivity index (χ1n) is 7.62. The van der Waals surface area contributed by atoms with Gasteiger partial charge in [0.15, 0.2) is 18.0 Å². The van der Waals surface area contributed by atoms with E-state index in [2.05, 4.69) is 17.9 Å². The number of phosphoric acid groups is 3. The molecule has 0 aromatic carbocycles. The topological polar surface area (TPSA) is 244 Å². The molecule has 0 spiro atoms. The first-order chi connectivity index (χ1) is 13.8. The Bertz CT molecular complexity index is 1100. The summed E-state index contributed by atoms with van der Waals surface area (Å²) >= 11 is 0. The third kappa shape index (κ3) is 6.22. The molecule has 21 heteroatoms. The van der Waals surface area contributed by atoms with Crippen LogP contribution in [0, 0.1) is 0 Å². The molecule has 2 heterocycles. The highest BCUT2D eigenvalue weighted by atomic mass is 31.3. The highest BCUT2D eigenvalue weighted by Crippen LogP contribution is 2.66. The van der Waals surface area contributed by atoms with Crippen molar-refractivity contribution in [1.82, 2.24) is 9.55 Å². The molecule has 6 atom stereocenters. The Balaban J connectivity index is 2.22. The van der Waals surface area contributed by atoms with E-state index in [1.807, 2.05) is 0 Å². The van der Waals surface area contributed by atoms with E-state index < -0.39 is 65.2 Å².